The second-order valence-electron chi connectivity index (χ2n) is 6.17. The third kappa shape index (κ3) is 6.10. The van der Waals surface area contributed by atoms with Crippen LogP contribution in [0.5, 0.6) is 5.75 Å². The Bertz CT molecular complexity index is 883. The minimum atomic E-state index is -0.276. The molecule has 0 aliphatic carbocycles. The number of ether oxygens (including phenoxy) is 2. The van der Waals surface area contributed by atoms with E-state index in [9.17, 15) is 4.79 Å². The fourth-order valence-electron chi connectivity index (χ4n) is 2.60. The first kappa shape index (κ1) is 19.4. The van der Waals surface area contributed by atoms with Crippen molar-refractivity contribution < 1.29 is 14.3 Å². The molecule has 1 aromatic heterocycles. The summed E-state index contributed by atoms with van der Waals surface area (Å²) >= 11 is 0. The first-order valence-corrected chi connectivity index (χ1v) is 8.97. The predicted octanol–water partition coefficient (Wildman–Crippen LogP) is 4.13. The van der Waals surface area contributed by atoms with Crippen LogP contribution in [-0.4, -0.2) is 18.1 Å². The van der Waals surface area contributed by atoms with Crippen LogP contribution in [0.3, 0.4) is 0 Å². The fraction of sp³-hybridized carbons (Fsp3) is 0.182. The van der Waals surface area contributed by atoms with Gasteiger partial charge in [-0.25, -0.2) is 4.79 Å². The lowest BCUT2D eigenvalue weighted by Crippen LogP contribution is -2.28. The van der Waals surface area contributed by atoms with Crippen LogP contribution in [-0.2, 0) is 24.5 Å². The Kier molecular flexibility index (Phi) is 6.98. The molecule has 6 nitrogen and oxygen atoms in total. The van der Waals surface area contributed by atoms with E-state index in [2.05, 4.69) is 15.6 Å². The van der Waals surface area contributed by atoms with Crippen LogP contribution in [0.1, 0.15) is 16.8 Å². The lowest BCUT2D eigenvalue weighted by Gasteiger charge is -2.10. The van der Waals surface area contributed by atoms with E-state index >= 15 is 0 Å². The Balaban J connectivity index is 1.45. The van der Waals surface area contributed by atoms with Crippen LogP contribution in [0.2, 0.25) is 0 Å². The molecule has 3 rings (SSSR count). The zero-order valence-corrected chi connectivity index (χ0v) is 15.7. The highest BCUT2D eigenvalue weighted by Crippen LogP contribution is 2.15. The largest absolute Gasteiger partial charge is 0.497 e. The molecule has 1 heterocycles. The summed E-state index contributed by atoms with van der Waals surface area (Å²) in [5, 5.41) is 5.61. The molecule has 0 radical (unpaired) electrons. The lowest BCUT2D eigenvalue weighted by atomic mass is 10.2. The van der Waals surface area contributed by atoms with Crippen LogP contribution in [0.15, 0.2) is 72.9 Å². The molecule has 0 aliphatic rings. The summed E-state index contributed by atoms with van der Waals surface area (Å²) in [5.41, 5.74) is 3.57. The monoisotopic (exact) mass is 377 g/mol. The maximum atomic E-state index is 12.1. The molecule has 28 heavy (non-hydrogen) atoms. The van der Waals surface area contributed by atoms with Gasteiger partial charge >= 0.3 is 6.03 Å². The van der Waals surface area contributed by atoms with Crippen LogP contribution in [0.25, 0.3) is 0 Å². The number of hydrogen-bond acceptors (Lipinski definition) is 4. The number of carbonyl (C=O) groups excluding carboxylic acids is 1. The number of hydrogen-bond donors (Lipinski definition) is 2. The second kappa shape index (κ2) is 10.1. The van der Waals surface area contributed by atoms with Gasteiger partial charge in [0, 0.05) is 11.9 Å². The molecule has 144 valence electrons. The van der Waals surface area contributed by atoms with Crippen molar-refractivity contribution >= 4 is 11.7 Å². The van der Waals surface area contributed by atoms with Gasteiger partial charge in [0.15, 0.2) is 0 Å². The second-order valence-corrected chi connectivity index (χ2v) is 6.17. The van der Waals surface area contributed by atoms with E-state index < -0.39 is 0 Å². The van der Waals surface area contributed by atoms with Crippen molar-refractivity contribution in [2.24, 2.45) is 0 Å². The highest BCUT2D eigenvalue weighted by atomic mass is 16.5. The minimum absolute atomic E-state index is 0.276. The predicted molar refractivity (Wildman–Crippen MR) is 108 cm³/mol. The van der Waals surface area contributed by atoms with Gasteiger partial charge in [-0.2, -0.15) is 0 Å². The summed E-state index contributed by atoms with van der Waals surface area (Å²) in [4.78, 5) is 16.2. The van der Waals surface area contributed by atoms with E-state index in [1.165, 1.54) is 0 Å². The number of methoxy groups -OCH3 is 1. The number of aromatic nitrogens is 1. The molecule has 2 N–H and O–H groups in total. The Morgan fingerprint density at radius 3 is 2.54 bits per heavy atom. The first-order valence-electron chi connectivity index (χ1n) is 8.97. The van der Waals surface area contributed by atoms with Crippen LogP contribution < -0.4 is 15.4 Å². The molecule has 0 aliphatic heterocycles. The van der Waals surface area contributed by atoms with Gasteiger partial charge in [0.1, 0.15) is 5.75 Å². The Morgan fingerprint density at radius 2 is 1.79 bits per heavy atom. The van der Waals surface area contributed by atoms with Crippen molar-refractivity contribution in [1.29, 1.82) is 0 Å². The van der Waals surface area contributed by atoms with Gasteiger partial charge in [0.2, 0.25) is 0 Å². The number of anilines is 1. The smallest absolute Gasteiger partial charge is 0.319 e. The number of nitrogens with zero attached hydrogens (tertiary/aromatic N) is 1. The molecule has 0 atom stereocenters. The van der Waals surface area contributed by atoms with E-state index in [-0.39, 0.29) is 6.03 Å². The number of benzene rings is 2. The Morgan fingerprint density at radius 1 is 0.964 bits per heavy atom. The molecule has 0 fully saturated rings. The van der Waals surface area contributed by atoms with Crippen LogP contribution >= 0.6 is 0 Å². The summed E-state index contributed by atoms with van der Waals surface area (Å²) in [6.07, 6.45) is 1.70. The van der Waals surface area contributed by atoms with Gasteiger partial charge in [-0.1, -0.05) is 30.3 Å². The van der Waals surface area contributed by atoms with Crippen LogP contribution in [0, 0.1) is 0 Å². The SMILES string of the molecule is COc1ccc(COCc2cccc(NC(=O)NCc3ccccn3)c2)cc1. The van der Waals surface area contributed by atoms with Crippen molar-refractivity contribution in [3.8, 4) is 5.75 Å². The molecule has 3 aromatic rings. The number of amides is 2. The lowest BCUT2D eigenvalue weighted by molar-refractivity contribution is 0.107. The number of nitrogens with one attached hydrogen (secondary N) is 2. The fourth-order valence-corrected chi connectivity index (χ4v) is 2.60. The quantitative estimate of drug-likeness (QED) is 0.619. The molecule has 0 spiro atoms. The normalized spacial score (nSPS) is 10.3. The third-order valence-corrected chi connectivity index (χ3v) is 4.04. The van der Waals surface area contributed by atoms with Gasteiger partial charge < -0.3 is 20.1 Å². The van der Waals surface area contributed by atoms with Crippen molar-refractivity contribution in [3.05, 3.63) is 89.7 Å². The Hall–Kier alpha value is -3.38. The highest BCUT2D eigenvalue weighted by Gasteiger charge is 2.04. The molecule has 2 aromatic carbocycles. The van der Waals surface area contributed by atoms with E-state index in [1.807, 2.05) is 66.7 Å². The minimum Gasteiger partial charge on any atom is -0.497 e. The number of urea groups is 1. The molecular weight excluding hydrogens is 354 g/mol. The standard InChI is InChI=1S/C22H23N3O3/c1-27-21-10-8-17(9-11-21)15-28-16-18-5-4-7-19(13-18)25-22(26)24-14-20-6-2-3-12-23-20/h2-13H,14-16H2,1H3,(H2,24,25,26). The van der Waals surface area contributed by atoms with Gasteiger partial charge in [-0.3, -0.25) is 4.98 Å². The molecule has 2 amide bonds. The maximum Gasteiger partial charge on any atom is 0.319 e. The average Bonchev–Trinajstić information content (AvgIpc) is 2.74. The Labute approximate surface area is 164 Å². The van der Waals surface area contributed by atoms with E-state index in [0.717, 1.165) is 22.6 Å². The molecule has 0 unspecified atom stereocenters. The summed E-state index contributed by atoms with van der Waals surface area (Å²) in [5.74, 6) is 0.823. The topological polar surface area (TPSA) is 72.5 Å². The number of carbonyl (C=O) groups is 1. The van der Waals surface area contributed by atoms with Gasteiger partial charge in [0.05, 0.1) is 32.6 Å². The van der Waals surface area contributed by atoms with Gasteiger partial charge in [-0.15, -0.1) is 0 Å². The summed E-state index contributed by atoms with van der Waals surface area (Å²) in [6.45, 7) is 1.33. The third-order valence-electron chi connectivity index (χ3n) is 4.04. The van der Waals surface area contributed by atoms with Crippen molar-refractivity contribution in [2.45, 2.75) is 19.8 Å². The summed E-state index contributed by atoms with van der Waals surface area (Å²) in [6, 6.07) is 20.7. The summed E-state index contributed by atoms with van der Waals surface area (Å²) < 4.78 is 10.9. The summed E-state index contributed by atoms with van der Waals surface area (Å²) in [7, 11) is 1.64. The van der Waals surface area contributed by atoms with Gasteiger partial charge in [-0.05, 0) is 47.5 Å². The molecule has 6 heteroatoms. The first-order chi connectivity index (χ1) is 13.7. The molecular formula is C22H23N3O3. The van der Waals surface area contributed by atoms with Gasteiger partial charge in [0.25, 0.3) is 0 Å². The maximum absolute atomic E-state index is 12.1. The average molecular weight is 377 g/mol. The molecule has 0 saturated heterocycles. The number of rotatable bonds is 8. The zero-order valence-electron chi connectivity index (χ0n) is 15.7. The van der Waals surface area contributed by atoms with Crippen LogP contribution in [0.4, 0.5) is 10.5 Å². The van der Waals surface area contributed by atoms with Crippen molar-refractivity contribution in [2.75, 3.05) is 12.4 Å². The van der Waals surface area contributed by atoms with Crippen molar-refractivity contribution in [1.82, 2.24) is 10.3 Å². The van der Waals surface area contributed by atoms with E-state index in [0.29, 0.717) is 25.4 Å². The van der Waals surface area contributed by atoms with Crippen molar-refractivity contribution in [3.63, 3.8) is 0 Å². The van der Waals surface area contributed by atoms with E-state index in [4.69, 9.17) is 9.47 Å². The number of pyridine rings is 1. The molecule has 0 saturated carbocycles. The zero-order chi connectivity index (χ0) is 19.6. The highest BCUT2D eigenvalue weighted by molar-refractivity contribution is 5.89. The molecule has 0 bridgehead atoms. The van der Waals surface area contributed by atoms with E-state index in [1.54, 1.807) is 13.3 Å².